The maximum Gasteiger partial charge on any atom is 0.416 e. The van der Waals surface area contributed by atoms with Gasteiger partial charge in [-0.2, -0.15) is 18.3 Å². The van der Waals surface area contributed by atoms with Gasteiger partial charge in [-0.25, -0.2) is 4.39 Å². The van der Waals surface area contributed by atoms with Crippen LogP contribution in [-0.4, -0.2) is 51.8 Å². The third kappa shape index (κ3) is 6.01. The van der Waals surface area contributed by atoms with Crippen molar-refractivity contribution in [2.24, 2.45) is 0 Å². The molecule has 1 saturated heterocycles. The normalized spacial score (nSPS) is 15.2. The fraction of sp³-hybridized carbons (Fsp3) is 0.321. The molecule has 0 aliphatic carbocycles. The second kappa shape index (κ2) is 11.1. The molecule has 4 N–H and O–H groups in total. The number of rotatable bonds is 8. The van der Waals surface area contributed by atoms with E-state index in [1.54, 1.807) is 12.3 Å². The molecule has 40 heavy (non-hydrogen) atoms. The maximum atomic E-state index is 13.7. The molecule has 0 spiro atoms. The predicted molar refractivity (Wildman–Crippen MR) is 141 cm³/mol. The molecule has 0 bridgehead atoms. The largest absolute Gasteiger partial charge is 0.416 e. The third-order valence-corrected chi connectivity index (χ3v) is 7.11. The van der Waals surface area contributed by atoms with Gasteiger partial charge in [-0.1, -0.05) is 12.1 Å². The number of carbonyl (C=O) groups is 2. The van der Waals surface area contributed by atoms with Crippen LogP contribution in [0.3, 0.4) is 0 Å². The van der Waals surface area contributed by atoms with E-state index in [1.807, 2.05) is 0 Å². The summed E-state index contributed by atoms with van der Waals surface area (Å²) in [6.45, 7) is 1.17. The van der Waals surface area contributed by atoms with Crippen LogP contribution in [0.15, 0.2) is 60.9 Å². The predicted octanol–water partition coefficient (Wildman–Crippen LogP) is 3.79. The van der Waals surface area contributed by atoms with Gasteiger partial charge in [-0.15, -0.1) is 0 Å². The second-order valence-electron chi connectivity index (χ2n) is 9.87. The monoisotopic (exact) mass is 556 g/mol. The molecule has 3 heterocycles. The van der Waals surface area contributed by atoms with Crippen molar-refractivity contribution in [2.75, 3.05) is 19.6 Å². The number of H-pyrrole nitrogens is 1. The number of hydrogen-bond acceptors (Lipinski definition) is 4. The number of benzene rings is 2. The molecule has 0 saturated carbocycles. The fourth-order valence-corrected chi connectivity index (χ4v) is 5.01. The topological polar surface area (TPSA) is 104 Å². The molecule has 0 radical (unpaired) electrons. The highest BCUT2D eigenvalue weighted by Crippen LogP contribution is 2.31. The number of nitrogens with one attached hydrogen (secondary N) is 4. The molecular formula is C28H28F4N6O2. The summed E-state index contributed by atoms with van der Waals surface area (Å²) >= 11 is 0. The van der Waals surface area contributed by atoms with E-state index in [9.17, 15) is 27.2 Å². The minimum absolute atomic E-state index is 0.206. The van der Waals surface area contributed by atoms with Crippen LogP contribution in [0.5, 0.6) is 0 Å². The molecule has 0 unspecified atom stereocenters. The summed E-state index contributed by atoms with van der Waals surface area (Å²) in [5, 5.41) is 14.0. The first-order valence-electron chi connectivity index (χ1n) is 12.9. The Morgan fingerprint density at radius 2 is 1.88 bits per heavy atom. The van der Waals surface area contributed by atoms with Gasteiger partial charge in [0.15, 0.2) is 0 Å². The molecule has 1 aliphatic rings. The minimum Gasteiger partial charge on any atom is -0.361 e. The number of halogens is 4. The molecule has 2 aromatic heterocycles. The first-order valence-corrected chi connectivity index (χ1v) is 12.9. The number of aromatic nitrogens is 3. The van der Waals surface area contributed by atoms with E-state index in [-0.39, 0.29) is 23.8 Å². The molecule has 2 amide bonds. The van der Waals surface area contributed by atoms with Gasteiger partial charge in [-0.3, -0.25) is 14.3 Å². The Hall–Kier alpha value is -4.19. The van der Waals surface area contributed by atoms with Gasteiger partial charge in [0.2, 0.25) is 11.8 Å². The van der Waals surface area contributed by atoms with E-state index in [4.69, 9.17) is 0 Å². The minimum atomic E-state index is -4.48. The highest BCUT2D eigenvalue weighted by Gasteiger charge is 2.40. The molecule has 1 fully saturated rings. The van der Waals surface area contributed by atoms with Gasteiger partial charge in [0.05, 0.1) is 11.3 Å². The van der Waals surface area contributed by atoms with E-state index in [0.29, 0.717) is 44.6 Å². The molecular weight excluding hydrogens is 528 g/mol. The zero-order chi connectivity index (χ0) is 28.3. The molecule has 0 atom stereocenters. The molecule has 2 aromatic carbocycles. The van der Waals surface area contributed by atoms with E-state index >= 15 is 0 Å². The lowest BCUT2D eigenvalue weighted by molar-refractivity contribution is -0.137. The fourth-order valence-electron chi connectivity index (χ4n) is 5.01. The first kappa shape index (κ1) is 27.4. The number of nitrogens with zero attached hydrogens (tertiary/aromatic N) is 2. The zero-order valence-electron chi connectivity index (χ0n) is 21.4. The smallest absolute Gasteiger partial charge is 0.361 e. The Labute approximate surface area is 227 Å². The van der Waals surface area contributed by atoms with Gasteiger partial charge in [0.25, 0.3) is 0 Å². The Bertz CT molecular complexity index is 1520. The summed E-state index contributed by atoms with van der Waals surface area (Å²) in [6.07, 6.45) is 0.0674. The lowest BCUT2D eigenvalue weighted by Crippen LogP contribution is -2.63. The average molecular weight is 557 g/mol. The Kier molecular flexibility index (Phi) is 7.61. The molecule has 1 aliphatic heterocycles. The summed E-state index contributed by atoms with van der Waals surface area (Å²) in [5.74, 6) is -1.09. The Balaban J connectivity index is 1.22. The summed E-state index contributed by atoms with van der Waals surface area (Å²) in [7, 11) is 0. The van der Waals surface area contributed by atoms with Crippen LogP contribution >= 0.6 is 0 Å². The van der Waals surface area contributed by atoms with E-state index in [0.717, 1.165) is 28.6 Å². The van der Waals surface area contributed by atoms with Crippen LogP contribution in [0.4, 0.5) is 17.6 Å². The highest BCUT2D eigenvalue weighted by atomic mass is 19.4. The van der Waals surface area contributed by atoms with E-state index < -0.39 is 23.2 Å². The SMILES string of the molecule is O=C(Cn1ccc(-c2cccc(C(F)(F)F)c2)n1)NC1(C(=O)NCCc2c[nH]c3ccc(F)cc23)CCNCC1. The molecule has 8 nitrogen and oxygen atoms in total. The van der Waals surface area contributed by atoms with E-state index in [1.165, 1.54) is 41.2 Å². The van der Waals surface area contributed by atoms with Crippen LogP contribution in [-0.2, 0) is 28.7 Å². The van der Waals surface area contributed by atoms with Gasteiger partial charge < -0.3 is 20.9 Å². The summed E-state index contributed by atoms with van der Waals surface area (Å²) < 4.78 is 54.3. The molecule has 5 rings (SSSR count). The maximum absolute atomic E-state index is 13.7. The van der Waals surface area contributed by atoms with Crippen molar-refractivity contribution in [1.82, 2.24) is 30.7 Å². The Morgan fingerprint density at radius 3 is 2.65 bits per heavy atom. The first-order chi connectivity index (χ1) is 19.1. The van der Waals surface area contributed by atoms with Gasteiger partial charge in [0, 0.05) is 35.4 Å². The average Bonchev–Trinajstić information content (AvgIpc) is 3.55. The lowest BCUT2D eigenvalue weighted by atomic mass is 9.87. The van der Waals surface area contributed by atoms with Crippen molar-refractivity contribution in [2.45, 2.75) is 37.5 Å². The number of piperidine rings is 1. The van der Waals surface area contributed by atoms with Crippen molar-refractivity contribution < 1.29 is 27.2 Å². The second-order valence-corrected chi connectivity index (χ2v) is 9.87. The van der Waals surface area contributed by atoms with Gasteiger partial charge in [0.1, 0.15) is 17.9 Å². The number of carbonyl (C=O) groups excluding carboxylic acids is 2. The quantitative estimate of drug-likeness (QED) is 0.248. The van der Waals surface area contributed by atoms with Crippen molar-refractivity contribution >= 4 is 22.7 Å². The van der Waals surface area contributed by atoms with Crippen LogP contribution < -0.4 is 16.0 Å². The molecule has 210 valence electrons. The number of hydrogen-bond donors (Lipinski definition) is 4. The number of alkyl halides is 3. The van der Waals surface area contributed by atoms with E-state index in [2.05, 4.69) is 26.0 Å². The summed E-state index contributed by atoms with van der Waals surface area (Å²) in [5.41, 5.74) is 0.346. The molecule has 12 heteroatoms. The van der Waals surface area contributed by atoms with Crippen LogP contribution in [0, 0.1) is 5.82 Å². The van der Waals surface area contributed by atoms with Crippen molar-refractivity contribution in [3.05, 3.63) is 77.9 Å². The highest BCUT2D eigenvalue weighted by molar-refractivity contribution is 5.91. The zero-order valence-corrected chi connectivity index (χ0v) is 21.4. The number of amides is 2. The van der Waals surface area contributed by atoms with Crippen molar-refractivity contribution in [3.63, 3.8) is 0 Å². The third-order valence-electron chi connectivity index (χ3n) is 7.11. The van der Waals surface area contributed by atoms with Gasteiger partial charge in [-0.05, 0) is 74.3 Å². The number of fused-ring (bicyclic) bond motifs is 1. The van der Waals surface area contributed by atoms with Crippen molar-refractivity contribution in [3.8, 4) is 11.3 Å². The van der Waals surface area contributed by atoms with Crippen LogP contribution in [0.25, 0.3) is 22.2 Å². The summed E-state index contributed by atoms with van der Waals surface area (Å²) in [4.78, 5) is 29.4. The van der Waals surface area contributed by atoms with Gasteiger partial charge >= 0.3 is 6.18 Å². The Morgan fingerprint density at radius 1 is 1.07 bits per heavy atom. The number of aromatic amines is 1. The van der Waals surface area contributed by atoms with Crippen LogP contribution in [0.2, 0.25) is 0 Å². The van der Waals surface area contributed by atoms with Crippen molar-refractivity contribution in [1.29, 1.82) is 0 Å². The molecule has 4 aromatic rings. The summed E-state index contributed by atoms with van der Waals surface area (Å²) in [6, 6.07) is 10.8. The standard InChI is InChI=1S/C28H28F4N6O2/c29-21-4-5-24-22(15-21)19(16-35-24)6-10-34-26(40)27(8-11-33-12-9-27)36-25(39)17-38-13-7-23(37-38)18-2-1-3-20(14-18)28(30,31)32/h1-5,7,13-16,33,35H,6,8-12,17H2,(H,34,40)(H,36,39). The lowest BCUT2D eigenvalue weighted by Gasteiger charge is -2.37. The van der Waals surface area contributed by atoms with Crippen LogP contribution in [0.1, 0.15) is 24.0 Å².